The van der Waals surface area contributed by atoms with Crippen molar-refractivity contribution in [2.24, 2.45) is 5.73 Å². The Hall–Kier alpha value is -2.97. The third-order valence-corrected chi connectivity index (χ3v) is 3.81. The smallest absolute Gasteiger partial charge is 0.259 e. The summed E-state index contributed by atoms with van der Waals surface area (Å²) in [6.45, 7) is 4.60. The number of rotatable bonds is 7. The minimum atomic E-state index is -0.804. The van der Waals surface area contributed by atoms with Crippen molar-refractivity contribution in [3.8, 4) is 17.6 Å². The summed E-state index contributed by atoms with van der Waals surface area (Å²) < 4.78 is 11.4. The molecule has 1 amide bonds. The second kappa shape index (κ2) is 8.93. The van der Waals surface area contributed by atoms with Crippen molar-refractivity contribution < 1.29 is 14.3 Å². The predicted molar refractivity (Wildman–Crippen MR) is 101 cm³/mol. The molecule has 5 nitrogen and oxygen atoms in total. The van der Waals surface area contributed by atoms with E-state index in [1.54, 1.807) is 18.2 Å². The van der Waals surface area contributed by atoms with E-state index in [2.05, 4.69) is 0 Å². The van der Waals surface area contributed by atoms with Gasteiger partial charge in [-0.05, 0) is 43.2 Å². The molecule has 0 radical (unpaired) electrons. The largest absolute Gasteiger partial charge is 0.490 e. The molecule has 0 atom stereocenters. The summed E-state index contributed by atoms with van der Waals surface area (Å²) in [4.78, 5) is 11.2. The normalized spacial score (nSPS) is 10.9. The molecule has 134 valence electrons. The Morgan fingerprint density at radius 1 is 1.27 bits per heavy atom. The number of amides is 1. The van der Waals surface area contributed by atoms with E-state index in [4.69, 9.17) is 32.1 Å². The molecule has 0 spiro atoms. The topological polar surface area (TPSA) is 85.3 Å². The van der Waals surface area contributed by atoms with E-state index in [1.807, 2.05) is 38.1 Å². The van der Waals surface area contributed by atoms with Crippen molar-refractivity contribution in [3.05, 3.63) is 63.7 Å². The zero-order chi connectivity index (χ0) is 19.1. The number of nitrogens with zero attached hydrogens (tertiary/aromatic N) is 1. The summed E-state index contributed by atoms with van der Waals surface area (Å²) in [5, 5.41) is 9.29. The van der Waals surface area contributed by atoms with Crippen molar-refractivity contribution in [2.45, 2.75) is 20.5 Å². The van der Waals surface area contributed by atoms with Crippen molar-refractivity contribution in [2.75, 3.05) is 6.61 Å². The maximum atomic E-state index is 11.2. The van der Waals surface area contributed by atoms with Gasteiger partial charge in [-0.1, -0.05) is 41.4 Å². The van der Waals surface area contributed by atoms with Crippen LogP contribution in [-0.4, -0.2) is 12.5 Å². The number of primary amides is 1. The molecule has 2 aromatic rings. The first-order valence-electron chi connectivity index (χ1n) is 8.01. The number of ether oxygens (including phenoxy) is 2. The molecule has 0 aromatic heterocycles. The van der Waals surface area contributed by atoms with E-state index in [1.165, 1.54) is 11.6 Å². The third-order valence-electron chi connectivity index (χ3n) is 3.53. The molecule has 0 saturated heterocycles. The van der Waals surface area contributed by atoms with Crippen LogP contribution in [0.25, 0.3) is 6.08 Å². The van der Waals surface area contributed by atoms with Gasteiger partial charge in [0.25, 0.3) is 5.91 Å². The zero-order valence-electron chi connectivity index (χ0n) is 14.6. The van der Waals surface area contributed by atoms with Gasteiger partial charge in [-0.15, -0.1) is 0 Å². The molecule has 0 fully saturated rings. The Morgan fingerprint density at radius 3 is 2.54 bits per heavy atom. The molecule has 26 heavy (non-hydrogen) atoms. The van der Waals surface area contributed by atoms with Crippen LogP contribution >= 0.6 is 11.6 Å². The van der Waals surface area contributed by atoms with Gasteiger partial charge in [0.1, 0.15) is 18.2 Å². The van der Waals surface area contributed by atoms with Crippen LogP contribution in [0.3, 0.4) is 0 Å². The Balaban J connectivity index is 2.32. The maximum absolute atomic E-state index is 11.2. The lowest BCUT2D eigenvalue weighted by atomic mass is 10.1. The number of hydrogen-bond donors (Lipinski definition) is 1. The number of halogens is 1. The van der Waals surface area contributed by atoms with Gasteiger partial charge in [0.15, 0.2) is 11.5 Å². The Kier molecular flexibility index (Phi) is 6.65. The quantitative estimate of drug-likeness (QED) is 0.589. The number of aryl methyl sites for hydroxylation is 1. The zero-order valence-corrected chi connectivity index (χ0v) is 15.3. The average molecular weight is 371 g/mol. The summed E-state index contributed by atoms with van der Waals surface area (Å²) in [7, 11) is 0. The average Bonchev–Trinajstić information content (AvgIpc) is 2.60. The molecule has 0 aliphatic heterocycles. The van der Waals surface area contributed by atoms with Gasteiger partial charge < -0.3 is 15.2 Å². The standard InChI is InChI=1S/C20H19ClN2O3/c1-3-25-18-10-15(8-16(11-22)20(23)24)9-17(21)19(18)26-12-14-6-4-13(2)5-7-14/h4-10H,3,12H2,1-2H3,(H2,23,24)/b16-8+. The van der Waals surface area contributed by atoms with Crippen molar-refractivity contribution >= 4 is 23.6 Å². The molecule has 0 heterocycles. The lowest BCUT2D eigenvalue weighted by Crippen LogP contribution is -2.12. The van der Waals surface area contributed by atoms with Crippen LogP contribution in [-0.2, 0) is 11.4 Å². The molecule has 0 unspecified atom stereocenters. The van der Waals surface area contributed by atoms with E-state index in [-0.39, 0.29) is 5.57 Å². The fourth-order valence-electron chi connectivity index (χ4n) is 2.24. The Morgan fingerprint density at radius 2 is 1.96 bits per heavy atom. The molecular weight excluding hydrogens is 352 g/mol. The monoisotopic (exact) mass is 370 g/mol. The van der Waals surface area contributed by atoms with Crippen molar-refractivity contribution in [1.82, 2.24) is 0 Å². The summed E-state index contributed by atoms with van der Waals surface area (Å²) in [5.41, 5.74) is 7.68. The van der Waals surface area contributed by atoms with Gasteiger partial charge in [0.05, 0.1) is 11.6 Å². The number of nitriles is 1. The number of benzene rings is 2. The van der Waals surface area contributed by atoms with Crippen LogP contribution in [0.2, 0.25) is 5.02 Å². The van der Waals surface area contributed by atoms with Gasteiger partial charge in [0.2, 0.25) is 0 Å². The highest BCUT2D eigenvalue weighted by atomic mass is 35.5. The molecule has 2 rings (SSSR count). The summed E-state index contributed by atoms with van der Waals surface area (Å²) in [6.07, 6.45) is 1.36. The summed E-state index contributed by atoms with van der Waals surface area (Å²) in [5.74, 6) is 0.0326. The Bertz CT molecular complexity index is 868. The molecular formula is C20H19ClN2O3. The van der Waals surface area contributed by atoms with Crippen LogP contribution in [0.5, 0.6) is 11.5 Å². The lowest BCUT2D eigenvalue weighted by molar-refractivity contribution is -0.114. The molecule has 0 bridgehead atoms. The second-order valence-corrected chi connectivity index (χ2v) is 5.98. The highest BCUT2D eigenvalue weighted by Crippen LogP contribution is 2.37. The molecule has 2 N–H and O–H groups in total. The fraction of sp³-hybridized carbons (Fsp3) is 0.200. The molecule has 6 heteroatoms. The van der Waals surface area contributed by atoms with E-state index in [9.17, 15) is 4.79 Å². The van der Waals surface area contributed by atoms with Crippen LogP contribution in [0.4, 0.5) is 0 Å². The number of nitrogens with two attached hydrogens (primary N) is 1. The summed E-state index contributed by atoms with van der Waals surface area (Å²) >= 11 is 6.33. The highest BCUT2D eigenvalue weighted by molar-refractivity contribution is 6.32. The van der Waals surface area contributed by atoms with Crippen LogP contribution in [0.1, 0.15) is 23.6 Å². The van der Waals surface area contributed by atoms with Crippen LogP contribution < -0.4 is 15.2 Å². The molecule has 0 aliphatic carbocycles. The lowest BCUT2D eigenvalue weighted by Gasteiger charge is -2.15. The third kappa shape index (κ3) is 5.01. The van der Waals surface area contributed by atoms with E-state index in [0.29, 0.717) is 35.3 Å². The minimum Gasteiger partial charge on any atom is -0.490 e. The number of hydrogen-bond acceptors (Lipinski definition) is 4. The van der Waals surface area contributed by atoms with Gasteiger partial charge in [-0.3, -0.25) is 4.79 Å². The molecule has 0 aliphatic rings. The van der Waals surface area contributed by atoms with Crippen molar-refractivity contribution in [3.63, 3.8) is 0 Å². The van der Waals surface area contributed by atoms with Gasteiger partial charge in [0, 0.05) is 0 Å². The van der Waals surface area contributed by atoms with Gasteiger partial charge in [-0.2, -0.15) is 5.26 Å². The van der Waals surface area contributed by atoms with Crippen LogP contribution in [0, 0.1) is 18.3 Å². The minimum absolute atomic E-state index is 0.170. The maximum Gasteiger partial charge on any atom is 0.259 e. The van der Waals surface area contributed by atoms with Gasteiger partial charge in [-0.25, -0.2) is 0 Å². The van der Waals surface area contributed by atoms with E-state index in [0.717, 1.165) is 5.56 Å². The second-order valence-electron chi connectivity index (χ2n) is 5.57. The Labute approximate surface area is 157 Å². The summed E-state index contributed by atoms with van der Waals surface area (Å²) in [6, 6.07) is 13.0. The van der Waals surface area contributed by atoms with Crippen LogP contribution in [0.15, 0.2) is 42.0 Å². The SMILES string of the molecule is CCOc1cc(/C=C(\C#N)C(N)=O)cc(Cl)c1OCc1ccc(C)cc1. The first-order valence-corrected chi connectivity index (χ1v) is 8.38. The molecule has 0 saturated carbocycles. The van der Waals surface area contributed by atoms with Crippen molar-refractivity contribution in [1.29, 1.82) is 5.26 Å². The predicted octanol–water partition coefficient (Wildman–Crippen LogP) is 4.02. The van der Waals surface area contributed by atoms with Gasteiger partial charge >= 0.3 is 0 Å². The first-order chi connectivity index (χ1) is 12.4. The van der Waals surface area contributed by atoms with E-state index >= 15 is 0 Å². The number of carbonyl (C=O) groups is 1. The molecule has 2 aromatic carbocycles. The first kappa shape index (κ1) is 19.4. The fourth-order valence-corrected chi connectivity index (χ4v) is 2.51. The van der Waals surface area contributed by atoms with E-state index < -0.39 is 5.91 Å². The number of carbonyl (C=O) groups excluding carboxylic acids is 1. The highest BCUT2D eigenvalue weighted by Gasteiger charge is 2.14.